The molecule has 0 saturated carbocycles. The second-order valence-electron chi connectivity index (χ2n) is 26.1. The number of aromatic nitrogens is 4. The molecule has 13 rings (SSSR count). The topological polar surface area (TPSA) is 475 Å². The Labute approximate surface area is 594 Å². The number of alkyl halides is 6. The molecule has 4 fully saturated rings. The van der Waals surface area contributed by atoms with Crippen molar-refractivity contribution in [2.75, 3.05) is 19.8 Å². The van der Waals surface area contributed by atoms with Crippen LogP contribution < -0.4 is 18.9 Å². The van der Waals surface area contributed by atoms with Gasteiger partial charge in [0.2, 0.25) is 36.4 Å². The van der Waals surface area contributed by atoms with Gasteiger partial charge in [-0.2, -0.15) is 26.3 Å². The summed E-state index contributed by atoms with van der Waals surface area (Å²) in [6, 6.07) is 24.3. The van der Waals surface area contributed by atoms with Crippen LogP contribution in [0.3, 0.4) is 0 Å². The highest BCUT2D eigenvalue weighted by Gasteiger charge is 2.82. The standard InChI is InChI=1S/C71H72F6N4O25/c1-2-42-50(85)54(89)58(93)64(103-42)99-34-13-5-9-30(23-34)48-40-19-17-38(79-40)46(28-7-3-11-32(21-28)100-65-59(94)55(90)51(86)43(25-82)104-65)36-15-16-37(78-36)47(29-8-4-12-33(22-29)101-66-60(95)56(91)52(87)44(26-83)105-66)39-18-20-41(80-39)49(63-69(98,71(75,76)77)68(97,62(48)81-63)70(72,73)74)31-10-6-14-35(24-31)102-67-61(96)57(92)53(88)45(27-84)106-67/h3-24,42-45,50-61,64-67,79-80,82-98H,2,25-27H2,1H3/t42-,43?,44?,45?,50?,51-,52-,53-,54-,55+,56+,57+,58-,59?,60?,61?,64?,65-,66-,67-,68?,69?/m1/s1. The first kappa shape index (κ1) is 75.9. The second kappa shape index (κ2) is 29.3. The molecule has 29 nitrogen and oxygen atoms in total. The van der Waals surface area contributed by atoms with Crippen molar-refractivity contribution >= 4 is 34.2 Å². The maximum Gasteiger partial charge on any atom is 0.426 e. The van der Waals surface area contributed by atoms with Crippen LogP contribution in [-0.4, -0.2) is 262 Å². The minimum atomic E-state index is -6.64. The predicted molar refractivity (Wildman–Crippen MR) is 352 cm³/mol. The molecule has 106 heavy (non-hydrogen) atoms. The van der Waals surface area contributed by atoms with Crippen molar-refractivity contribution in [3.05, 3.63) is 144 Å². The minimum Gasteiger partial charge on any atom is -0.462 e. The molecule has 6 aliphatic rings. The lowest BCUT2D eigenvalue weighted by atomic mass is 9.75. The van der Waals surface area contributed by atoms with Gasteiger partial charge in [0.25, 0.3) is 0 Å². The second-order valence-corrected chi connectivity index (χ2v) is 26.1. The van der Waals surface area contributed by atoms with Crippen molar-refractivity contribution in [2.45, 2.75) is 160 Å². The number of rotatable bonds is 16. The van der Waals surface area contributed by atoms with Gasteiger partial charge in [-0.25, -0.2) is 9.97 Å². The third-order valence-corrected chi connectivity index (χ3v) is 19.4. The Kier molecular flexibility index (Phi) is 21.0. The Morgan fingerprint density at radius 1 is 0.368 bits per heavy atom. The van der Waals surface area contributed by atoms with E-state index in [1.165, 1.54) is 78.9 Å². The molecule has 19 N–H and O–H groups in total. The first-order valence-corrected chi connectivity index (χ1v) is 33.1. The molecule has 4 aromatic carbocycles. The normalized spacial score (nSPS) is 32.8. The number of nitrogens with zero attached hydrogens (tertiary/aromatic N) is 2. The number of hydrogen-bond donors (Lipinski definition) is 19. The number of nitrogens with one attached hydrogen (secondary N) is 2. The maximum atomic E-state index is 17.1. The summed E-state index contributed by atoms with van der Waals surface area (Å²) in [4.78, 5) is 15.2. The van der Waals surface area contributed by atoms with Crippen molar-refractivity contribution in [1.29, 1.82) is 0 Å². The van der Waals surface area contributed by atoms with Gasteiger partial charge in [-0.15, -0.1) is 0 Å². The van der Waals surface area contributed by atoms with E-state index in [4.69, 9.17) is 42.9 Å². The zero-order chi connectivity index (χ0) is 76.0. The molecule has 9 heterocycles. The Bertz CT molecular complexity index is 4300. The van der Waals surface area contributed by atoms with Crippen molar-refractivity contribution in [3.8, 4) is 67.5 Å². The highest BCUT2D eigenvalue weighted by molar-refractivity contribution is 5.98. The molecule has 22 atom stereocenters. The van der Waals surface area contributed by atoms with Gasteiger partial charge in [-0.1, -0.05) is 55.5 Å². The number of aliphatic hydroxyl groups is 17. The summed E-state index contributed by atoms with van der Waals surface area (Å²) in [7, 11) is 0. The van der Waals surface area contributed by atoms with Crippen LogP contribution in [0.2, 0.25) is 0 Å². The van der Waals surface area contributed by atoms with Gasteiger partial charge in [-0.05, 0) is 114 Å². The van der Waals surface area contributed by atoms with Crippen LogP contribution >= 0.6 is 0 Å². The quantitative estimate of drug-likeness (QED) is 0.0609. The molecule has 8 bridgehead atoms. The van der Waals surface area contributed by atoms with Crippen molar-refractivity contribution in [3.63, 3.8) is 0 Å². The molecule has 568 valence electrons. The molecule has 0 amide bonds. The summed E-state index contributed by atoms with van der Waals surface area (Å²) in [5.74, 6) is -1.21. The molecule has 0 aliphatic carbocycles. The Morgan fingerprint density at radius 3 is 0.906 bits per heavy atom. The zero-order valence-corrected chi connectivity index (χ0v) is 55.1. The maximum absolute atomic E-state index is 17.1. The van der Waals surface area contributed by atoms with E-state index in [-0.39, 0.29) is 62.6 Å². The smallest absolute Gasteiger partial charge is 0.426 e. The van der Waals surface area contributed by atoms with Gasteiger partial charge >= 0.3 is 12.4 Å². The van der Waals surface area contributed by atoms with Gasteiger partial charge in [0.15, 0.2) is 0 Å². The van der Waals surface area contributed by atoms with Gasteiger partial charge in [0.1, 0.15) is 115 Å². The minimum absolute atomic E-state index is 0.0129. The zero-order valence-electron chi connectivity index (χ0n) is 55.1. The van der Waals surface area contributed by atoms with Crippen LogP contribution in [0, 0.1) is 0 Å². The molecule has 4 saturated heterocycles. The van der Waals surface area contributed by atoms with E-state index in [2.05, 4.69) is 15.0 Å². The Balaban J connectivity index is 1.14. The summed E-state index contributed by atoms with van der Waals surface area (Å²) in [5, 5.41) is 186. The van der Waals surface area contributed by atoms with Crippen LogP contribution in [-0.2, 0) is 30.1 Å². The van der Waals surface area contributed by atoms with Crippen molar-refractivity contribution < 1.29 is 151 Å². The monoisotopic (exact) mass is 1490 g/mol. The summed E-state index contributed by atoms with van der Waals surface area (Å²) in [5.41, 5.74) is -19.9. The fraction of sp³-hybridized carbons (Fsp3) is 0.408. The molecular weight excluding hydrogens is 1420 g/mol. The highest BCUT2D eigenvalue weighted by atomic mass is 19.4. The van der Waals surface area contributed by atoms with E-state index in [0.29, 0.717) is 0 Å². The number of fused-ring (bicyclic) bond motifs is 8. The fourth-order valence-corrected chi connectivity index (χ4v) is 13.8. The van der Waals surface area contributed by atoms with E-state index in [0.717, 1.165) is 54.6 Å². The average Bonchev–Trinajstić information content (AvgIpc) is 1.50. The molecule has 7 aromatic rings. The molecule has 35 heteroatoms. The van der Waals surface area contributed by atoms with E-state index in [1.54, 1.807) is 6.92 Å². The molecule has 6 aliphatic heterocycles. The summed E-state index contributed by atoms with van der Waals surface area (Å²) < 4.78 is 149. The summed E-state index contributed by atoms with van der Waals surface area (Å²) >= 11 is 0. The van der Waals surface area contributed by atoms with Crippen molar-refractivity contribution in [1.82, 2.24) is 19.9 Å². The lowest BCUT2D eigenvalue weighted by Crippen LogP contribution is -2.63. The number of aliphatic hydroxyl groups excluding tert-OH is 15. The summed E-state index contributed by atoms with van der Waals surface area (Å²) in [6.07, 6.45) is -46.1. The van der Waals surface area contributed by atoms with Crippen LogP contribution in [0.5, 0.6) is 23.0 Å². The van der Waals surface area contributed by atoms with Gasteiger partial charge in [-0.3, -0.25) is 0 Å². The molecule has 0 radical (unpaired) electrons. The third-order valence-electron chi connectivity index (χ3n) is 19.4. The van der Waals surface area contributed by atoms with Crippen LogP contribution in [0.15, 0.2) is 121 Å². The lowest BCUT2D eigenvalue weighted by molar-refractivity contribution is -0.394. The van der Waals surface area contributed by atoms with Crippen LogP contribution in [0.4, 0.5) is 26.3 Å². The largest absolute Gasteiger partial charge is 0.462 e. The Hall–Kier alpha value is -8.32. The van der Waals surface area contributed by atoms with E-state index in [1.807, 2.05) is 0 Å². The SMILES string of the molecule is CC[C@H]1OC(Oc2cccc(-c3c4nc(c(-c5cccc(O[C@@H]6OC(CO)[C@@H](O)[C@H](O)C6O)c5)c5ccc([nH]5)c(-c5cccc(O[C@@H]6OC(CO)[C@@H](O)[C@H](O)C6O)c5)c5nc(c(-c6cccc(O[C@@H]7OC(CO)[C@@H](O)[C@H](O)C7O)c6)c6ccc3[nH]6)C=C5)C(O)(C(F)(F)F)C4(O)C(F)(F)F)c2)[C@H](O)[C@H](O)C1O. The first-order chi connectivity index (χ1) is 50.3. The summed E-state index contributed by atoms with van der Waals surface area (Å²) in [6.45, 7) is -1.07. The Morgan fingerprint density at radius 2 is 0.632 bits per heavy atom. The third kappa shape index (κ3) is 13.3. The lowest BCUT2D eigenvalue weighted by Gasteiger charge is -2.40. The number of ether oxygens (including phenoxy) is 8. The van der Waals surface area contributed by atoms with Gasteiger partial charge in [0, 0.05) is 44.3 Å². The molecular formula is C71H72F6N4O25. The molecule has 3 aromatic heterocycles. The van der Waals surface area contributed by atoms with Gasteiger partial charge in [0.05, 0.1) is 48.7 Å². The first-order valence-electron chi connectivity index (χ1n) is 33.1. The van der Waals surface area contributed by atoms with Crippen LogP contribution in [0.1, 0.15) is 36.1 Å². The van der Waals surface area contributed by atoms with E-state index < -0.39 is 222 Å². The number of hydrogen-bond acceptors (Lipinski definition) is 27. The van der Waals surface area contributed by atoms with Gasteiger partial charge < -0.3 is 135 Å². The van der Waals surface area contributed by atoms with Crippen LogP contribution in [0.25, 0.3) is 78.7 Å². The van der Waals surface area contributed by atoms with E-state index in [9.17, 15) is 86.8 Å². The van der Waals surface area contributed by atoms with Crippen molar-refractivity contribution in [2.24, 2.45) is 0 Å². The number of aromatic amines is 2. The fourth-order valence-electron chi connectivity index (χ4n) is 13.8. The number of H-pyrrole nitrogens is 2. The molecule has 10 unspecified atom stereocenters. The molecule has 0 spiro atoms. The number of halogens is 6. The van der Waals surface area contributed by atoms with E-state index >= 15 is 26.3 Å². The average molecular weight is 1500 g/mol. The highest BCUT2D eigenvalue weighted by Crippen LogP contribution is 2.63. The predicted octanol–water partition coefficient (Wildman–Crippen LogP) is 1.49. The number of benzene rings is 4.